The van der Waals surface area contributed by atoms with E-state index in [1.165, 1.54) is 44.2 Å². The Bertz CT molecular complexity index is 2160. The number of hydrogen-bond acceptors (Lipinski definition) is 0. The molecule has 4 aliphatic carbocycles. The molecule has 0 bridgehead atoms. The van der Waals surface area contributed by atoms with E-state index in [1.54, 1.807) is 128 Å². The zero-order valence-corrected chi connectivity index (χ0v) is 41.1. The summed E-state index contributed by atoms with van der Waals surface area (Å²) in [6, 6.07) is 36.9. The predicted molar refractivity (Wildman–Crippen MR) is 264 cm³/mol. The maximum atomic E-state index is 7.35. The molecule has 4 heteroatoms. The molecule has 4 aliphatic rings. The zero-order valence-electron chi connectivity index (χ0n) is 36.2. The smallest absolute Gasteiger partial charge is 0.366 e. The van der Waals surface area contributed by atoms with Gasteiger partial charge in [-0.05, 0) is 135 Å². The molecule has 0 spiro atoms. The SMILES string of the molecule is C1CCC([PH+](C[PH+](C2CCCCC2)C2CCCCC2)C2CCCCC2)CC1.[Ag+].[Ag+].[C-]#Cc1cc2ccccc2c2ccccc12.[C-]#Cc1cc2ccccc2c2ccccc12. The molecule has 0 aliphatic heterocycles. The van der Waals surface area contributed by atoms with E-state index in [-0.39, 0.29) is 60.6 Å². The first-order valence-electron chi connectivity index (χ1n) is 23.6. The van der Waals surface area contributed by atoms with Gasteiger partial charge in [0, 0.05) is 15.8 Å². The summed E-state index contributed by atoms with van der Waals surface area (Å²) >= 11 is 0. The second-order valence-electron chi connectivity index (χ2n) is 18.3. The molecule has 0 unspecified atom stereocenters. The van der Waals surface area contributed by atoms with E-state index in [9.17, 15) is 0 Å². The molecule has 0 heterocycles. The quantitative estimate of drug-likeness (QED) is 0.0513. The normalized spacial score (nSPS) is 18.0. The van der Waals surface area contributed by atoms with Crippen LogP contribution in [0.5, 0.6) is 0 Å². The molecule has 4 fully saturated rings. The van der Waals surface area contributed by atoms with Crippen LogP contribution in [0.3, 0.4) is 0 Å². The first-order valence-corrected chi connectivity index (χ1v) is 27.3. The van der Waals surface area contributed by atoms with Crippen LogP contribution in [-0.2, 0) is 44.8 Å². The minimum atomic E-state index is -0.0959. The molecule has 0 saturated heterocycles. The Morgan fingerprint density at radius 2 is 0.623 bits per heavy atom. The summed E-state index contributed by atoms with van der Waals surface area (Å²) in [5, 5.41) is 9.36. The minimum Gasteiger partial charge on any atom is -0.366 e. The summed E-state index contributed by atoms with van der Waals surface area (Å²) in [5.74, 6) is 6.89. The van der Waals surface area contributed by atoms with Crippen molar-refractivity contribution >= 4 is 58.9 Å². The van der Waals surface area contributed by atoms with Gasteiger partial charge >= 0.3 is 44.8 Å². The van der Waals surface area contributed by atoms with Crippen molar-refractivity contribution in [1.29, 1.82) is 0 Å². The van der Waals surface area contributed by atoms with Gasteiger partial charge in [-0.1, -0.05) is 134 Å². The van der Waals surface area contributed by atoms with Crippen molar-refractivity contribution < 1.29 is 44.8 Å². The number of benzene rings is 6. The minimum absolute atomic E-state index is 0. The molecule has 0 radical (unpaired) electrons. The van der Waals surface area contributed by atoms with Crippen molar-refractivity contribution in [2.75, 3.05) is 5.90 Å². The monoisotopic (exact) mass is 1030 g/mol. The number of fused-ring (bicyclic) bond motifs is 6. The van der Waals surface area contributed by atoms with Crippen LogP contribution < -0.4 is 0 Å². The Kier molecular flexibility index (Phi) is 19.6. The van der Waals surface area contributed by atoms with E-state index < -0.39 is 0 Å². The molecular weight excluding hydrogens is 962 g/mol. The van der Waals surface area contributed by atoms with Crippen LogP contribution in [0, 0.1) is 24.7 Å². The molecule has 0 aromatic heterocycles. The Hall–Kier alpha value is -2.18. The van der Waals surface area contributed by atoms with Gasteiger partial charge < -0.3 is 12.8 Å². The van der Waals surface area contributed by atoms with Crippen LogP contribution in [0.25, 0.3) is 43.1 Å². The molecule has 10 rings (SSSR count). The largest absolute Gasteiger partial charge is 1.00 e. The van der Waals surface area contributed by atoms with Gasteiger partial charge in [-0.3, -0.25) is 11.8 Å². The van der Waals surface area contributed by atoms with E-state index in [2.05, 4.69) is 48.2 Å². The molecule has 4 saturated carbocycles. The number of rotatable bonds is 6. The summed E-state index contributed by atoms with van der Waals surface area (Å²) in [7, 11) is -0.192. The van der Waals surface area contributed by atoms with E-state index in [0.29, 0.717) is 0 Å². The Balaban J connectivity index is 0.000000159. The second kappa shape index (κ2) is 24.8. The van der Waals surface area contributed by atoms with Crippen molar-refractivity contribution in [3.8, 4) is 11.8 Å². The first kappa shape index (κ1) is 48.3. The average molecular weight is 1030 g/mol. The van der Waals surface area contributed by atoms with Crippen molar-refractivity contribution in [1.82, 2.24) is 0 Å². The molecule has 6 aromatic rings. The van der Waals surface area contributed by atoms with E-state index >= 15 is 0 Å². The van der Waals surface area contributed by atoms with Crippen molar-refractivity contribution in [2.45, 2.75) is 151 Å². The van der Waals surface area contributed by atoms with Crippen molar-refractivity contribution in [2.24, 2.45) is 0 Å². The van der Waals surface area contributed by atoms with Crippen LogP contribution in [0.2, 0.25) is 0 Å². The zero-order chi connectivity index (χ0) is 40.2. The Morgan fingerprint density at radius 1 is 0.361 bits per heavy atom. The molecule has 6 aromatic carbocycles. The van der Waals surface area contributed by atoms with Gasteiger partial charge in [0.2, 0.25) is 0 Å². The summed E-state index contributed by atoms with van der Waals surface area (Å²) in [6.45, 7) is 0. The molecule has 0 N–H and O–H groups in total. The molecule has 0 atom stereocenters. The summed E-state index contributed by atoms with van der Waals surface area (Å²) in [5.41, 5.74) is 6.65. The third kappa shape index (κ3) is 12.1. The third-order valence-electron chi connectivity index (χ3n) is 14.7. The topological polar surface area (TPSA) is 0 Å². The predicted octanol–water partition coefficient (Wildman–Crippen LogP) is 16.6. The first-order chi connectivity index (χ1) is 29.2. The van der Waals surface area contributed by atoms with Crippen molar-refractivity contribution in [3.05, 3.63) is 133 Å². The molecule has 0 nitrogen and oxygen atoms in total. The maximum absolute atomic E-state index is 7.35. The molecular formula is C57H66Ag2P2+2. The van der Waals surface area contributed by atoms with Crippen LogP contribution in [0.1, 0.15) is 140 Å². The van der Waals surface area contributed by atoms with Crippen LogP contribution in [0.15, 0.2) is 109 Å². The van der Waals surface area contributed by atoms with E-state index in [4.69, 9.17) is 12.8 Å². The van der Waals surface area contributed by atoms with Gasteiger partial charge in [0.15, 0.2) is 5.90 Å². The van der Waals surface area contributed by atoms with Gasteiger partial charge in [-0.15, -0.1) is 23.3 Å². The Morgan fingerprint density at radius 3 is 0.918 bits per heavy atom. The van der Waals surface area contributed by atoms with Crippen molar-refractivity contribution in [3.63, 3.8) is 0 Å². The Labute approximate surface area is 402 Å². The summed E-state index contributed by atoms with van der Waals surface area (Å²) in [4.78, 5) is 0. The van der Waals surface area contributed by atoms with Gasteiger partial charge in [-0.25, -0.2) is 0 Å². The van der Waals surface area contributed by atoms with Crippen LogP contribution >= 0.6 is 15.8 Å². The molecule has 0 amide bonds. The van der Waals surface area contributed by atoms with Crippen LogP contribution in [0.4, 0.5) is 0 Å². The van der Waals surface area contributed by atoms with E-state index in [1.807, 2.05) is 78.7 Å². The summed E-state index contributed by atoms with van der Waals surface area (Å²) < 4.78 is 0. The number of hydrogen-bond donors (Lipinski definition) is 0. The fraction of sp³-hybridized carbons (Fsp3) is 0.439. The fourth-order valence-corrected chi connectivity index (χ4v) is 24.1. The van der Waals surface area contributed by atoms with Crippen LogP contribution in [-0.4, -0.2) is 28.5 Å². The maximum Gasteiger partial charge on any atom is 1.00 e. The van der Waals surface area contributed by atoms with Gasteiger partial charge in [0.1, 0.15) is 0 Å². The van der Waals surface area contributed by atoms with E-state index in [0.717, 1.165) is 32.7 Å². The van der Waals surface area contributed by atoms with Gasteiger partial charge in [0.05, 0.1) is 22.6 Å². The fourth-order valence-electron chi connectivity index (χ4n) is 11.7. The van der Waals surface area contributed by atoms with Gasteiger partial charge in [-0.2, -0.15) is 0 Å². The van der Waals surface area contributed by atoms with Gasteiger partial charge in [0.25, 0.3) is 0 Å². The molecule has 61 heavy (non-hydrogen) atoms. The molecule has 324 valence electrons. The second-order valence-corrected chi connectivity index (χ2v) is 25.3. The third-order valence-corrected chi connectivity index (χ3v) is 24.5. The standard InChI is InChI=1S/C25H46P2.2C16H9.2Ag/c1-5-13-22(14-6-1)26(23-15-7-2-8-16-23)21-27(24-17-9-3-10-18-24)25-19-11-4-12-20-25;2*1-2-12-11-13-7-3-4-9-15(13)16-10-6-5-8-14(12)16;;/h22-25H,1-21H2;2*3-11H;;/q;2*-1;2*+1/p+2. The average Bonchev–Trinajstić information content (AvgIpc) is 3.33. The summed E-state index contributed by atoms with van der Waals surface area (Å²) in [6.07, 6.45) is 46.8.